The van der Waals surface area contributed by atoms with Gasteiger partial charge in [0.15, 0.2) is 0 Å². The summed E-state index contributed by atoms with van der Waals surface area (Å²) in [5.41, 5.74) is 0. The van der Waals surface area contributed by atoms with Gasteiger partial charge in [0.05, 0.1) is 6.10 Å². The Balaban J connectivity index is 2.40. The first kappa shape index (κ1) is 16.7. The van der Waals surface area contributed by atoms with Crippen LogP contribution in [-0.2, 0) is 4.79 Å². The first-order valence-corrected chi connectivity index (χ1v) is 7.17. The molecule has 0 saturated carbocycles. The third kappa shape index (κ3) is 4.64. The van der Waals surface area contributed by atoms with Gasteiger partial charge in [0, 0.05) is 26.1 Å². The van der Waals surface area contributed by atoms with Crippen LogP contribution in [0.3, 0.4) is 0 Å². The summed E-state index contributed by atoms with van der Waals surface area (Å²) in [6.45, 7) is 7.36. The van der Waals surface area contributed by atoms with Crippen LogP contribution in [0.4, 0.5) is 4.79 Å². The van der Waals surface area contributed by atoms with Crippen LogP contribution in [0.25, 0.3) is 0 Å². The summed E-state index contributed by atoms with van der Waals surface area (Å²) in [5, 5.41) is 21.3. The van der Waals surface area contributed by atoms with Gasteiger partial charge in [0.1, 0.15) is 6.04 Å². The maximum atomic E-state index is 12.0. The molecule has 0 aromatic rings. The molecule has 1 fully saturated rings. The van der Waals surface area contributed by atoms with Gasteiger partial charge in [0.2, 0.25) is 0 Å². The van der Waals surface area contributed by atoms with Gasteiger partial charge in [-0.15, -0.1) is 0 Å². The lowest BCUT2D eigenvalue weighted by atomic mass is 10.2. The molecule has 20 heavy (non-hydrogen) atoms. The molecule has 2 amide bonds. The molecular weight excluding hydrogens is 262 g/mol. The second kappa shape index (κ2) is 8.06. The van der Waals surface area contributed by atoms with Gasteiger partial charge in [-0.3, -0.25) is 0 Å². The van der Waals surface area contributed by atoms with E-state index in [1.165, 1.54) is 4.90 Å². The van der Waals surface area contributed by atoms with Crippen molar-refractivity contribution in [2.24, 2.45) is 0 Å². The van der Waals surface area contributed by atoms with E-state index < -0.39 is 24.1 Å². The minimum absolute atomic E-state index is 0.0786. The van der Waals surface area contributed by atoms with Crippen LogP contribution in [0.5, 0.6) is 0 Å². The van der Waals surface area contributed by atoms with E-state index in [4.69, 9.17) is 5.11 Å². The monoisotopic (exact) mass is 287 g/mol. The Labute approximate surface area is 119 Å². The number of β-amino-alcohol motifs (C(OH)–C–C–N with tert-alkyl or cyclic N) is 1. The van der Waals surface area contributed by atoms with Crippen LogP contribution < -0.4 is 5.32 Å². The standard InChI is InChI=1S/C13H25N3O4/c1-3-6-15(4-2)7-5-14-13(20)16-9-10(17)8-11(16)12(18)19/h10-11,17H,3-9H2,1-2H3,(H,14,20)(H,18,19)/t10-,11-/m1/s1. The maximum Gasteiger partial charge on any atom is 0.326 e. The molecule has 0 spiro atoms. The number of aliphatic hydroxyl groups excluding tert-OH is 1. The first-order valence-electron chi connectivity index (χ1n) is 7.17. The smallest absolute Gasteiger partial charge is 0.326 e. The van der Waals surface area contributed by atoms with Gasteiger partial charge in [-0.1, -0.05) is 13.8 Å². The Kier molecular flexibility index (Phi) is 6.74. The lowest BCUT2D eigenvalue weighted by Gasteiger charge is -2.23. The molecule has 0 bridgehead atoms. The number of amides is 2. The number of carboxylic acid groups (broad SMARTS) is 1. The fourth-order valence-electron chi connectivity index (χ4n) is 2.44. The molecule has 0 unspecified atom stereocenters. The van der Waals surface area contributed by atoms with Gasteiger partial charge in [-0.25, -0.2) is 9.59 Å². The molecule has 116 valence electrons. The molecule has 7 nitrogen and oxygen atoms in total. The molecule has 0 radical (unpaired) electrons. The summed E-state index contributed by atoms with van der Waals surface area (Å²) in [6, 6.07) is -1.34. The minimum Gasteiger partial charge on any atom is -0.480 e. The molecule has 2 atom stereocenters. The van der Waals surface area contributed by atoms with Crippen molar-refractivity contribution in [3.05, 3.63) is 0 Å². The number of hydrogen-bond donors (Lipinski definition) is 3. The third-order valence-corrected chi connectivity index (χ3v) is 3.52. The Morgan fingerprint density at radius 2 is 2.05 bits per heavy atom. The molecule has 1 heterocycles. The minimum atomic E-state index is -1.07. The lowest BCUT2D eigenvalue weighted by molar-refractivity contribution is -0.141. The molecule has 1 rings (SSSR count). The fraction of sp³-hybridized carbons (Fsp3) is 0.846. The lowest BCUT2D eigenvalue weighted by Crippen LogP contribution is -2.47. The second-order valence-electron chi connectivity index (χ2n) is 5.06. The molecule has 0 aromatic carbocycles. The second-order valence-corrected chi connectivity index (χ2v) is 5.06. The Morgan fingerprint density at radius 1 is 1.35 bits per heavy atom. The van der Waals surface area contributed by atoms with E-state index in [9.17, 15) is 14.7 Å². The first-order chi connectivity index (χ1) is 9.49. The normalized spacial score (nSPS) is 22.3. The summed E-state index contributed by atoms with van der Waals surface area (Å²) in [7, 11) is 0. The number of rotatable bonds is 7. The number of urea groups is 1. The molecular formula is C13H25N3O4. The van der Waals surface area contributed by atoms with E-state index in [0.717, 1.165) is 26.1 Å². The molecule has 0 aromatic heterocycles. The molecule has 7 heteroatoms. The van der Waals surface area contributed by atoms with Crippen LogP contribution in [0.1, 0.15) is 26.7 Å². The Hall–Kier alpha value is -1.34. The van der Waals surface area contributed by atoms with Crippen molar-refractivity contribution in [1.29, 1.82) is 0 Å². The van der Waals surface area contributed by atoms with Crippen molar-refractivity contribution in [2.45, 2.75) is 38.8 Å². The summed E-state index contributed by atoms with van der Waals surface area (Å²) in [6.07, 6.45) is 0.398. The zero-order valence-corrected chi connectivity index (χ0v) is 12.2. The number of aliphatic carboxylic acids is 1. The number of likely N-dealkylation sites (N-methyl/N-ethyl adjacent to an activating group) is 1. The van der Waals surface area contributed by atoms with E-state index in [1.54, 1.807) is 0 Å². The number of carbonyl (C=O) groups is 2. The van der Waals surface area contributed by atoms with Crippen LogP contribution in [0.2, 0.25) is 0 Å². The van der Waals surface area contributed by atoms with Crippen molar-refractivity contribution in [1.82, 2.24) is 15.1 Å². The van der Waals surface area contributed by atoms with Crippen LogP contribution >= 0.6 is 0 Å². The number of likely N-dealkylation sites (tertiary alicyclic amines) is 1. The van der Waals surface area contributed by atoms with Crippen molar-refractivity contribution >= 4 is 12.0 Å². The summed E-state index contributed by atoms with van der Waals surface area (Å²) in [5.74, 6) is -1.07. The number of aliphatic hydroxyl groups is 1. The van der Waals surface area contributed by atoms with Crippen LogP contribution in [0.15, 0.2) is 0 Å². The largest absolute Gasteiger partial charge is 0.480 e. The molecule has 3 N–H and O–H groups in total. The predicted molar refractivity (Wildman–Crippen MR) is 74.6 cm³/mol. The predicted octanol–water partition coefficient (Wildman–Crippen LogP) is -0.0523. The van der Waals surface area contributed by atoms with Gasteiger partial charge in [-0.05, 0) is 19.5 Å². The SMILES string of the molecule is CCCN(CC)CCNC(=O)N1C[C@H](O)C[C@@H]1C(=O)O. The van der Waals surface area contributed by atoms with E-state index >= 15 is 0 Å². The number of carboxylic acids is 1. The maximum absolute atomic E-state index is 12.0. The van der Waals surface area contributed by atoms with Crippen molar-refractivity contribution in [2.75, 3.05) is 32.7 Å². The highest BCUT2D eigenvalue weighted by Gasteiger charge is 2.38. The van der Waals surface area contributed by atoms with Crippen molar-refractivity contribution in [3.8, 4) is 0 Å². The zero-order valence-electron chi connectivity index (χ0n) is 12.2. The van der Waals surface area contributed by atoms with E-state index in [-0.39, 0.29) is 13.0 Å². The van der Waals surface area contributed by atoms with Gasteiger partial charge < -0.3 is 25.3 Å². The molecule has 0 aliphatic carbocycles. The number of nitrogens with zero attached hydrogens (tertiary/aromatic N) is 2. The zero-order chi connectivity index (χ0) is 15.1. The van der Waals surface area contributed by atoms with E-state index in [0.29, 0.717) is 6.54 Å². The number of carbonyl (C=O) groups excluding carboxylic acids is 1. The van der Waals surface area contributed by atoms with Gasteiger partial charge in [-0.2, -0.15) is 0 Å². The molecule has 1 aliphatic rings. The number of nitrogens with one attached hydrogen (secondary N) is 1. The quantitative estimate of drug-likeness (QED) is 0.610. The Morgan fingerprint density at radius 3 is 2.60 bits per heavy atom. The van der Waals surface area contributed by atoms with Gasteiger partial charge >= 0.3 is 12.0 Å². The molecule has 1 saturated heterocycles. The highest BCUT2D eigenvalue weighted by atomic mass is 16.4. The Bertz CT molecular complexity index is 338. The molecule has 1 aliphatic heterocycles. The van der Waals surface area contributed by atoms with Crippen molar-refractivity contribution in [3.63, 3.8) is 0 Å². The highest BCUT2D eigenvalue weighted by molar-refractivity contribution is 5.83. The number of hydrogen-bond acceptors (Lipinski definition) is 4. The van der Waals surface area contributed by atoms with Crippen molar-refractivity contribution < 1.29 is 19.8 Å². The highest BCUT2D eigenvalue weighted by Crippen LogP contribution is 2.17. The average Bonchev–Trinajstić information content (AvgIpc) is 2.80. The summed E-state index contributed by atoms with van der Waals surface area (Å²) >= 11 is 0. The van der Waals surface area contributed by atoms with Gasteiger partial charge in [0.25, 0.3) is 0 Å². The average molecular weight is 287 g/mol. The van der Waals surface area contributed by atoms with Crippen LogP contribution in [-0.4, -0.2) is 76.9 Å². The van der Waals surface area contributed by atoms with E-state index in [2.05, 4.69) is 24.1 Å². The topological polar surface area (TPSA) is 93.1 Å². The van der Waals surface area contributed by atoms with Crippen LogP contribution in [0, 0.1) is 0 Å². The summed E-state index contributed by atoms with van der Waals surface area (Å²) < 4.78 is 0. The van der Waals surface area contributed by atoms with E-state index in [1.807, 2.05) is 0 Å². The fourth-order valence-corrected chi connectivity index (χ4v) is 2.44. The summed E-state index contributed by atoms with van der Waals surface area (Å²) in [4.78, 5) is 26.4. The third-order valence-electron chi connectivity index (χ3n) is 3.52.